The van der Waals surface area contributed by atoms with Crippen LogP contribution in [0.1, 0.15) is 27.9 Å². The molecule has 186 valence electrons. The molecule has 0 unspecified atom stereocenters. The summed E-state index contributed by atoms with van der Waals surface area (Å²) in [7, 11) is 0. The molecule has 11 heteroatoms. The van der Waals surface area contributed by atoms with Crippen LogP contribution in [0.15, 0.2) is 60.9 Å². The van der Waals surface area contributed by atoms with Crippen LogP contribution in [-0.2, 0) is 17.9 Å². The maximum absolute atomic E-state index is 13.1. The third kappa shape index (κ3) is 5.55. The predicted molar refractivity (Wildman–Crippen MR) is 123 cm³/mol. The molecule has 3 heterocycles. The molecule has 2 aliphatic rings. The Kier molecular flexibility index (Phi) is 7.07. The van der Waals surface area contributed by atoms with E-state index in [-0.39, 0.29) is 11.9 Å². The number of amides is 1. The standard InChI is InChI=1S/C23H21N5O.C2HF3O2/c24-12-16-3-1-4-17(9-16)18-5-6-19-14-28(23(29)22(19)10-18)21-11-20(25-13-21)15-27-8-2-7-26-27;3-2(4,5)1(6)7/h1-10,20-21,25H,11,13-15H2;(H,6,7)/t20-,21+;/m0./s1. The van der Waals surface area contributed by atoms with Gasteiger partial charge in [0.15, 0.2) is 0 Å². The van der Waals surface area contributed by atoms with E-state index in [1.54, 1.807) is 12.3 Å². The lowest BCUT2D eigenvalue weighted by molar-refractivity contribution is -0.192. The van der Waals surface area contributed by atoms with E-state index in [2.05, 4.69) is 16.5 Å². The van der Waals surface area contributed by atoms with Gasteiger partial charge < -0.3 is 15.3 Å². The van der Waals surface area contributed by atoms with Crippen molar-refractivity contribution in [3.05, 3.63) is 77.6 Å². The van der Waals surface area contributed by atoms with Crippen molar-refractivity contribution >= 4 is 11.9 Å². The van der Waals surface area contributed by atoms with Gasteiger partial charge in [0.05, 0.1) is 18.2 Å². The maximum Gasteiger partial charge on any atom is 0.490 e. The van der Waals surface area contributed by atoms with E-state index in [4.69, 9.17) is 15.2 Å². The molecule has 1 aromatic heterocycles. The number of benzene rings is 2. The number of aromatic nitrogens is 2. The van der Waals surface area contributed by atoms with Crippen molar-refractivity contribution in [2.75, 3.05) is 6.54 Å². The lowest BCUT2D eigenvalue weighted by atomic mass is 9.99. The number of nitriles is 1. The molecule has 0 saturated carbocycles. The van der Waals surface area contributed by atoms with Gasteiger partial charge in [0, 0.05) is 43.1 Å². The Bertz CT molecular complexity index is 1300. The maximum atomic E-state index is 13.1. The second kappa shape index (κ2) is 10.2. The molecule has 3 aromatic rings. The van der Waals surface area contributed by atoms with Crippen molar-refractivity contribution in [2.45, 2.75) is 37.8 Å². The van der Waals surface area contributed by atoms with E-state index in [0.29, 0.717) is 18.2 Å². The Morgan fingerprint density at radius 3 is 2.61 bits per heavy atom. The molecule has 2 aliphatic heterocycles. The van der Waals surface area contributed by atoms with Crippen molar-refractivity contribution in [1.82, 2.24) is 20.0 Å². The molecule has 1 amide bonds. The van der Waals surface area contributed by atoms with Crippen molar-refractivity contribution in [3.63, 3.8) is 0 Å². The Labute approximate surface area is 204 Å². The SMILES string of the molecule is N#Cc1cccc(-c2ccc3c(c2)C(=O)N([C@H]2CN[C@H](Cn4cccn4)C2)C3)c1.O=C(O)C(F)(F)F. The molecule has 0 radical (unpaired) electrons. The van der Waals surface area contributed by atoms with Crippen LogP contribution >= 0.6 is 0 Å². The Morgan fingerprint density at radius 2 is 1.94 bits per heavy atom. The first-order valence-corrected chi connectivity index (χ1v) is 11.1. The summed E-state index contributed by atoms with van der Waals surface area (Å²) in [6.07, 6.45) is -0.400. The number of nitrogens with zero attached hydrogens (tertiary/aromatic N) is 4. The van der Waals surface area contributed by atoms with Gasteiger partial charge in [-0.1, -0.05) is 24.3 Å². The Hall–Kier alpha value is -4.17. The fourth-order valence-corrected chi connectivity index (χ4v) is 4.37. The molecule has 2 atom stereocenters. The number of aliphatic carboxylic acids is 1. The number of hydrogen-bond donors (Lipinski definition) is 2. The minimum atomic E-state index is -5.08. The summed E-state index contributed by atoms with van der Waals surface area (Å²) in [6, 6.07) is 18.2. The number of nitrogens with one attached hydrogen (secondary N) is 1. The minimum Gasteiger partial charge on any atom is -0.475 e. The second-order valence-corrected chi connectivity index (χ2v) is 8.52. The molecule has 0 spiro atoms. The van der Waals surface area contributed by atoms with Crippen LogP contribution in [0, 0.1) is 11.3 Å². The average Bonchev–Trinajstić information content (AvgIpc) is 3.60. The summed E-state index contributed by atoms with van der Waals surface area (Å²) < 4.78 is 33.7. The fraction of sp³-hybridized carbons (Fsp3) is 0.280. The lowest BCUT2D eigenvalue weighted by Gasteiger charge is -2.23. The average molecular weight is 497 g/mol. The molecule has 36 heavy (non-hydrogen) atoms. The van der Waals surface area contributed by atoms with Gasteiger partial charge in [0.2, 0.25) is 0 Å². The molecule has 2 N–H and O–H groups in total. The minimum absolute atomic E-state index is 0.102. The number of carboxylic acids is 1. The van der Waals surface area contributed by atoms with E-state index in [1.165, 1.54) is 0 Å². The molecule has 2 aromatic carbocycles. The van der Waals surface area contributed by atoms with Gasteiger partial charge in [-0.2, -0.15) is 23.5 Å². The van der Waals surface area contributed by atoms with Gasteiger partial charge in [-0.15, -0.1) is 0 Å². The molecular formula is C25H22F3N5O3. The molecule has 1 saturated heterocycles. The van der Waals surface area contributed by atoms with Crippen molar-refractivity contribution in [3.8, 4) is 17.2 Å². The third-order valence-corrected chi connectivity index (χ3v) is 6.12. The largest absolute Gasteiger partial charge is 0.490 e. The van der Waals surface area contributed by atoms with Crippen LogP contribution in [0.4, 0.5) is 13.2 Å². The highest BCUT2D eigenvalue weighted by atomic mass is 19.4. The number of rotatable bonds is 4. The number of alkyl halides is 3. The Morgan fingerprint density at radius 1 is 1.19 bits per heavy atom. The van der Waals surface area contributed by atoms with Crippen molar-refractivity contribution < 1.29 is 27.9 Å². The zero-order valence-electron chi connectivity index (χ0n) is 18.9. The summed E-state index contributed by atoms with van der Waals surface area (Å²) in [5, 5.41) is 24.1. The highest BCUT2D eigenvalue weighted by molar-refractivity contribution is 5.99. The first-order chi connectivity index (χ1) is 17.2. The van der Waals surface area contributed by atoms with Crippen LogP contribution < -0.4 is 5.32 Å². The van der Waals surface area contributed by atoms with Crippen LogP contribution in [0.25, 0.3) is 11.1 Å². The summed E-state index contributed by atoms with van der Waals surface area (Å²) in [5.74, 6) is -2.66. The smallest absolute Gasteiger partial charge is 0.475 e. The number of carbonyl (C=O) groups is 2. The van der Waals surface area contributed by atoms with Gasteiger partial charge in [0.25, 0.3) is 5.91 Å². The number of fused-ring (bicyclic) bond motifs is 1. The van der Waals surface area contributed by atoms with Gasteiger partial charge in [-0.25, -0.2) is 4.79 Å². The molecule has 8 nitrogen and oxygen atoms in total. The quantitative estimate of drug-likeness (QED) is 0.571. The first-order valence-electron chi connectivity index (χ1n) is 11.1. The lowest BCUT2D eigenvalue weighted by Crippen LogP contribution is -2.36. The number of hydrogen-bond acceptors (Lipinski definition) is 5. The third-order valence-electron chi connectivity index (χ3n) is 6.12. The number of carboxylic acid groups (broad SMARTS) is 1. The van der Waals surface area contributed by atoms with Gasteiger partial charge in [-0.3, -0.25) is 9.48 Å². The van der Waals surface area contributed by atoms with Gasteiger partial charge in [0.1, 0.15) is 0 Å². The van der Waals surface area contributed by atoms with Crippen LogP contribution in [0.3, 0.4) is 0 Å². The van der Waals surface area contributed by atoms with Crippen LogP contribution in [-0.4, -0.2) is 56.5 Å². The van der Waals surface area contributed by atoms with Gasteiger partial charge in [-0.05, 0) is 47.4 Å². The first kappa shape index (κ1) is 24.9. The monoisotopic (exact) mass is 497 g/mol. The number of carbonyl (C=O) groups excluding carboxylic acids is 1. The van der Waals surface area contributed by atoms with Gasteiger partial charge >= 0.3 is 12.1 Å². The van der Waals surface area contributed by atoms with E-state index < -0.39 is 12.1 Å². The summed E-state index contributed by atoms with van der Waals surface area (Å²) >= 11 is 0. The predicted octanol–water partition coefficient (Wildman–Crippen LogP) is 3.44. The van der Waals surface area contributed by atoms with E-state index >= 15 is 0 Å². The van der Waals surface area contributed by atoms with Crippen LogP contribution in [0.5, 0.6) is 0 Å². The zero-order valence-corrected chi connectivity index (χ0v) is 18.9. The molecule has 0 aliphatic carbocycles. The Balaban J connectivity index is 0.000000384. The fourth-order valence-electron chi connectivity index (χ4n) is 4.37. The van der Waals surface area contributed by atoms with E-state index in [9.17, 15) is 18.0 Å². The van der Waals surface area contributed by atoms with E-state index in [0.717, 1.165) is 41.8 Å². The summed E-state index contributed by atoms with van der Waals surface area (Å²) in [5.41, 5.74) is 4.40. The molecular weight excluding hydrogens is 475 g/mol. The number of halogens is 3. The molecule has 1 fully saturated rings. The highest BCUT2D eigenvalue weighted by Gasteiger charge is 2.38. The second-order valence-electron chi connectivity index (χ2n) is 8.52. The molecule has 0 bridgehead atoms. The van der Waals surface area contributed by atoms with Crippen molar-refractivity contribution in [2.24, 2.45) is 0 Å². The summed E-state index contributed by atoms with van der Waals surface area (Å²) in [4.78, 5) is 24.0. The molecule has 5 rings (SSSR count). The van der Waals surface area contributed by atoms with E-state index in [1.807, 2.05) is 58.2 Å². The zero-order chi connectivity index (χ0) is 25.9. The highest BCUT2D eigenvalue weighted by Crippen LogP contribution is 2.31. The summed E-state index contributed by atoms with van der Waals surface area (Å²) in [6.45, 7) is 2.29. The topological polar surface area (TPSA) is 111 Å². The van der Waals surface area contributed by atoms with Crippen LogP contribution in [0.2, 0.25) is 0 Å². The normalized spacial score (nSPS) is 18.8. The van der Waals surface area contributed by atoms with Crippen molar-refractivity contribution in [1.29, 1.82) is 5.26 Å².